The van der Waals surface area contributed by atoms with Crippen LogP contribution in [0.25, 0.3) is 0 Å². The summed E-state index contributed by atoms with van der Waals surface area (Å²) >= 11 is 0. The minimum atomic E-state index is -0.409. The average molecular weight is 283 g/mol. The average Bonchev–Trinajstić information content (AvgIpc) is 2.86. The highest BCUT2D eigenvalue weighted by atomic mass is 16.7. The number of piperidine rings is 1. The van der Waals surface area contributed by atoms with Gasteiger partial charge in [-0.25, -0.2) is 0 Å². The van der Waals surface area contributed by atoms with Crippen molar-refractivity contribution in [2.75, 3.05) is 19.8 Å². The fourth-order valence-corrected chi connectivity index (χ4v) is 4.41. The van der Waals surface area contributed by atoms with Crippen LogP contribution in [0.4, 0.5) is 0 Å². The van der Waals surface area contributed by atoms with Gasteiger partial charge in [-0.3, -0.25) is 4.90 Å². The minimum absolute atomic E-state index is 0.182. The molecular formula is C16H29NO3. The van der Waals surface area contributed by atoms with Crippen molar-refractivity contribution in [3.05, 3.63) is 0 Å². The standard InChI is InChI=1S/C16H29NO3/c1-11-8-12(2)13(3)17(10-11)14-9-16(5-4-15(14)18)19-6-7-20-16/h11-15,18H,4-10H2,1-3H3. The summed E-state index contributed by atoms with van der Waals surface area (Å²) in [6.07, 6.45) is 3.49. The molecule has 1 N–H and O–H groups in total. The third-order valence-electron chi connectivity index (χ3n) is 5.67. The lowest BCUT2D eigenvalue weighted by atomic mass is 9.80. The molecule has 0 aromatic rings. The highest BCUT2D eigenvalue weighted by molar-refractivity contribution is 4.97. The van der Waals surface area contributed by atoms with Gasteiger partial charge < -0.3 is 14.6 Å². The fraction of sp³-hybridized carbons (Fsp3) is 1.00. The molecule has 116 valence electrons. The van der Waals surface area contributed by atoms with Crippen LogP contribution < -0.4 is 0 Å². The van der Waals surface area contributed by atoms with Gasteiger partial charge in [-0.2, -0.15) is 0 Å². The van der Waals surface area contributed by atoms with Crippen LogP contribution >= 0.6 is 0 Å². The van der Waals surface area contributed by atoms with Crippen LogP contribution in [0.15, 0.2) is 0 Å². The molecule has 20 heavy (non-hydrogen) atoms. The quantitative estimate of drug-likeness (QED) is 0.799. The molecule has 2 saturated heterocycles. The van der Waals surface area contributed by atoms with Gasteiger partial charge in [0.1, 0.15) is 0 Å². The first-order valence-electron chi connectivity index (χ1n) is 8.22. The van der Waals surface area contributed by atoms with E-state index < -0.39 is 5.79 Å². The largest absolute Gasteiger partial charge is 0.391 e. The van der Waals surface area contributed by atoms with Gasteiger partial charge in [0.15, 0.2) is 5.79 Å². The first-order valence-corrected chi connectivity index (χ1v) is 8.22. The summed E-state index contributed by atoms with van der Waals surface area (Å²) in [6.45, 7) is 9.45. The van der Waals surface area contributed by atoms with E-state index in [9.17, 15) is 5.11 Å². The molecule has 5 unspecified atom stereocenters. The number of rotatable bonds is 1. The van der Waals surface area contributed by atoms with Crippen molar-refractivity contribution in [3.63, 3.8) is 0 Å². The molecule has 3 fully saturated rings. The summed E-state index contributed by atoms with van der Waals surface area (Å²) in [6, 6.07) is 0.712. The minimum Gasteiger partial charge on any atom is -0.391 e. The lowest BCUT2D eigenvalue weighted by molar-refractivity contribution is -0.210. The SMILES string of the molecule is CC1CC(C)C(C)N(C2CC3(CCC2O)OCCO3)C1. The zero-order valence-corrected chi connectivity index (χ0v) is 13.0. The van der Waals surface area contributed by atoms with Gasteiger partial charge in [-0.1, -0.05) is 13.8 Å². The van der Waals surface area contributed by atoms with E-state index in [0.717, 1.165) is 25.8 Å². The monoisotopic (exact) mass is 283 g/mol. The van der Waals surface area contributed by atoms with Gasteiger partial charge in [0.2, 0.25) is 0 Å². The summed E-state index contributed by atoms with van der Waals surface area (Å²) in [4.78, 5) is 2.52. The molecule has 0 aromatic heterocycles. The van der Waals surface area contributed by atoms with Gasteiger partial charge in [0.05, 0.1) is 19.3 Å². The predicted octanol–water partition coefficient (Wildman–Crippen LogP) is 2.01. The number of nitrogens with zero attached hydrogens (tertiary/aromatic N) is 1. The van der Waals surface area contributed by atoms with Crippen LogP contribution in [0.3, 0.4) is 0 Å². The van der Waals surface area contributed by atoms with E-state index in [1.165, 1.54) is 6.42 Å². The van der Waals surface area contributed by atoms with Gasteiger partial charge in [-0.05, 0) is 31.6 Å². The van der Waals surface area contributed by atoms with Gasteiger partial charge >= 0.3 is 0 Å². The Balaban J connectivity index is 1.76. The molecule has 0 bridgehead atoms. The van der Waals surface area contributed by atoms with Gasteiger partial charge in [-0.15, -0.1) is 0 Å². The van der Waals surface area contributed by atoms with Crippen molar-refractivity contribution < 1.29 is 14.6 Å². The number of likely N-dealkylation sites (tertiary alicyclic amines) is 1. The Morgan fingerprint density at radius 3 is 2.55 bits per heavy atom. The van der Waals surface area contributed by atoms with Crippen LogP contribution in [0.1, 0.15) is 46.5 Å². The van der Waals surface area contributed by atoms with E-state index in [1.54, 1.807) is 0 Å². The van der Waals surface area contributed by atoms with Crippen molar-refractivity contribution in [3.8, 4) is 0 Å². The molecule has 5 atom stereocenters. The normalized spacial score (nSPS) is 45.9. The molecule has 0 aromatic carbocycles. The summed E-state index contributed by atoms with van der Waals surface area (Å²) < 4.78 is 11.8. The molecule has 1 spiro atoms. The van der Waals surface area contributed by atoms with Gasteiger partial charge in [0.25, 0.3) is 0 Å². The number of hydrogen-bond acceptors (Lipinski definition) is 4. The Morgan fingerprint density at radius 1 is 1.15 bits per heavy atom. The second-order valence-electron chi connectivity index (χ2n) is 7.24. The van der Waals surface area contributed by atoms with E-state index in [-0.39, 0.29) is 12.1 Å². The Morgan fingerprint density at radius 2 is 1.85 bits per heavy atom. The summed E-state index contributed by atoms with van der Waals surface area (Å²) in [5.74, 6) is 0.985. The van der Waals surface area contributed by atoms with Crippen molar-refractivity contribution in [1.82, 2.24) is 4.90 Å². The maximum Gasteiger partial charge on any atom is 0.170 e. The molecule has 0 radical (unpaired) electrons. The highest BCUT2D eigenvalue weighted by Gasteiger charge is 2.48. The van der Waals surface area contributed by atoms with Crippen molar-refractivity contribution >= 4 is 0 Å². The van der Waals surface area contributed by atoms with Crippen LogP contribution in [-0.4, -0.2) is 53.7 Å². The first-order chi connectivity index (χ1) is 9.51. The van der Waals surface area contributed by atoms with E-state index in [1.807, 2.05) is 0 Å². The Kier molecular flexibility index (Phi) is 4.10. The summed E-state index contributed by atoms with van der Waals surface area (Å²) in [5.41, 5.74) is 0. The maximum atomic E-state index is 10.5. The smallest absolute Gasteiger partial charge is 0.170 e. The van der Waals surface area contributed by atoms with Crippen LogP contribution in [0.5, 0.6) is 0 Å². The lowest BCUT2D eigenvalue weighted by Gasteiger charge is -2.50. The Hall–Kier alpha value is -0.160. The molecule has 2 aliphatic heterocycles. The van der Waals surface area contributed by atoms with E-state index >= 15 is 0 Å². The zero-order valence-electron chi connectivity index (χ0n) is 13.0. The van der Waals surface area contributed by atoms with Crippen molar-refractivity contribution in [2.45, 2.75) is 70.4 Å². The summed E-state index contributed by atoms with van der Waals surface area (Å²) in [7, 11) is 0. The molecule has 1 saturated carbocycles. The molecule has 2 heterocycles. The van der Waals surface area contributed by atoms with Crippen LogP contribution in [-0.2, 0) is 9.47 Å². The van der Waals surface area contributed by atoms with E-state index in [0.29, 0.717) is 31.1 Å². The zero-order chi connectivity index (χ0) is 14.3. The van der Waals surface area contributed by atoms with E-state index in [2.05, 4.69) is 25.7 Å². The number of hydrogen-bond donors (Lipinski definition) is 1. The second kappa shape index (κ2) is 5.56. The Bertz CT molecular complexity index is 343. The van der Waals surface area contributed by atoms with Crippen LogP contribution in [0.2, 0.25) is 0 Å². The van der Waals surface area contributed by atoms with Crippen molar-refractivity contribution in [2.24, 2.45) is 11.8 Å². The molecular weight excluding hydrogens is 254 g/mol. The highest BCUT2D eigenvalue weighted by Crippen LogP contribution is 2.40. The van der Waals surface area contributed by atoms with E-state index in [4.69, 9.17) is 9.47 Å². The number of aliphatic hydroxyl groups excluding tert-OH is 1. The fourth-order valence-electron chi connectivity index (χ4n) is 4.41. The molecule has 0 amide bonds. The Labute approximate surface area is 122 Å². The van der Waals surface area contributed by atoms with Crippen LogP contribution in [0, 0.1) is 11.8 Å². The predicted molar refractivity (Wildman–Crippen MR) is 77.4 cm³/mol. The molecule has 3 rings (SSSR count). The molecule has 4 nitrogen and oxygen atoms in total. The third kappa shape index (κ3) is 2.63. The topological polar surface area (TPSA) is 41.9 Å². The third-order valence-corrected chi connectivity index (χ3v) is 5.67. The molecule has 3 aliphatic rings. The maximum absolute atomic E-state index is 10.5. The molecule has 4 heteroatoms. The number of ether oxygens (including phenoxy) is 2. The van der Waals surface area contributed by atoms with Gasteiger partial charge in [0, 0.05) is 31.5 Å². The number of aliphatic hydroxyl groups is 1. The molecule has 1 aliphatic carbocycles. The second-order valence-corrected chi connectivity index (χ2v) is 7.24. The summed E-state index contributed by atoms with van der Waals surface area (Å²) in [5, 5.41) is 10.5. The first kappa shape index (κ1) is 14.8. The van der Waals surface area contributed by atoms with Crippen molar-refractivity contribution in [1.29, 1.82) is 0 Å². The lowest BCUT2D eigenvalue weighted by Crippen LogP contribution is -2.59.